The van der Waals surface area contributed by atoms with Gasteiger partial charge >= 0.3 is 0 Å². The van der Waals surface area contributed by atoms with Gasteiger partial charge in [0.1, 0.15) is 11.6 Å². The molecule has 0 aromatic heterocycles. The number of nitrogens with one attached hydrogen (secondary N) is 2. The first-order chi connectivity index (χ1) is 11.3. The van der Waals surface area contributed by atoms with Crippen molar-refractivity contribution in [2.24, 2.45) is 0 Å². The van der Waals surface area contributed by atoms with Crippen LogP contribution in [-0.4, -0.2) is 20.4 Å². The molecule has 1 amide bonds. The zero-order valence-electron chi connectivity index (χ0n) is 13.0. The Kier molecular flexibility index (Phi) is 3.92. The number of fused-ring (bicyclic) bond motifs is 1. The lowest BCUT2D eigenvalue weighted by atomic mass is 10.2. The summed E-state index contributed by atoms with van der Waals surface area (Å²) in [5, 5.41) is 2.59. The number of hydrogen-bond donors (Lipinski definition) is 2. The molecule has 126 valence electrons. The van der Waals surface area contributed by atoms with E-state index in [0.29, 0.717) is 11.3 Å². The normalized spacial score (nSPS) is 16.8. The fraction of sp³-hybridized carbons (Fsp3) is 0.188. The Morgan fingerprint density at radius 1 is 1.21 bits per heavy atom. The van der Waals surface area contributed by atoms with Crippen molar-refractivity contribution in [3.63, 3.8) is 0 Å². The molecule has 0 bridgehead atoms. The van der Waals surface area contributed by atoms with Crippen LogP contribution in [0.15, 0.2) is 41.3 Å². The Labute approximate surface area is 138 Å². The van der Waals surface area contributed by atoms with Crippen LogP contribution in [-0.2, 0) is 14.8 Å². The predicted octanol–water partition coefficient (Wildman–Crippen LogP) is 2.65. The van der Waals surface area contributed by atoms with Crippen molar-refractivity contribution in [2.45, 2.75) is 24.8 Å². The summed E-state index contributed by atoms with van der Waals surface area (Å²) in [6.07, 6.45) is -0.645. The molecule has 1 unspecified atom stereocenters. The van der Waals surface area contributed by atoms with Crippen LogP contribution in [0.3, 0.4) is 0 Å². The van der Waals surface area contributed by atoms with Crippen molar-refractivity contribution in [3.05, 3.63) is 47.8 Å². The first kappa shape index (κ1) is 16.3. The van der Waals surface area contributed by atoms with E-state index in [1.54, 1.807) is 13.8 Å². The highest BCUT2D eigenvalue weighted by molar-refractivity contribution is 7.92. The maximum Gasteiger partial charge on any atom is 0.265 e. The number of carbonyl (C=O) groups excluding carboxylic acids is 1. The van der Waals surface area contributed by atoms with E-state index in [2.05, 4.69) is 10.0 Å². The van der Waals surface area contributed by atoms with Gasteiger partial charge in [-0.15, -0.1) is 0 Å². The molecule has 0 radical (unpaired) electrons. The summed E-state index contributed by atoms with van der Waals surface area (Å²) in [6.45, 7) is 3.26. The first-order valence-corrected chi connectivity index (χ1v) is 8.65. The van der Waals surface area contributed by atoms with Gasteiger partial charge in [-0.3, -0.25) is 9.52 Å². The molecule has 0 spiro atoms. The molecule has 1 aliphatic heterocycles. The van der Waals surface area contributed by atoms with Crippen LogP contribution >= 0.6 is 0 Å². The second-order valence-corrected chi connectivity index (χ2v) is 7.15. The largest absolute Gasteiger partial charge is 0.479 e. The minimum absolute atomic E-state index is 0.0663. The minimum atomic E-state index is -3.94. The predicted molar refractivity (Wildman–Crippen MR) is 87.1 cm³/mol. The second kappa shape index (κ2) is 5.79. The van der Waals surface area contributed by atoms with Crippen molar-refractivity contribution in [3.8, 4) is 5.75 Å². The van der Waals surface area contributed by atoms with E-state index < -0.39 is 21.9 Å². The van der Waals surface area contributed by atoms with Gasteiger partial charge in [0.25, 0.3) is 15.9 Å². The van der Waals surface area contributed by atoms with Crippen molar-refractivity contribution < 1.29 is 22.3 Å². The lowest BCUT2D eigenvalue weighted by Gasteiger charge is -2.23. The van der Waals surface area contributed by atoms with E-state index in [9.17, 15) is 17.6 Å². The lowest BCUT2D eigenvalue weighted by molar-refractivity contribution is -0.122. The highest BCUT2D eigenvalue weighted by atomic mass is 32.2. The number of sulfonamides is 1. The summed E-state index contributed by atoms with van der Waals surface area (Å²) in [5.41, 5.74) is 1.02. The number of aryl methyl sites for hydroxylation is 1. The number of carbonyl (C=O) groups is 1. The zero-order chi connectivity index (χ0) is 17.5. The van der Waals surface area contributed by atoms with Crippen LogP contribution < -0.4 is 14.8 Å². The Hall–Kier alpha value is -2.61. The summed E-state index contributed by atoms with van der Waals surface area (Å²) in [6, 6.07) is 7.97. The van der Waals surface area contributed by atoms with Crippen molar-refractivity contribution in [1.82, 2.24) is 0 Å². The summed E-state index contributed by atoms with van der Waals surface area (Å²) >= 11 is 0. The molecule has 1 heterocycles. The van der Waals surface area contributed by atoms with Gasteiger partial charge < -0.3 is 10.1 Å². The van der Waals surface area contributed by atoms with Crippen molar-refractivity contribution >= 4 is 27.3 Å². The van der Waals surface area contributed by atoms with E-state index >= 15 is 0 Å². The van der Waals surface area contributed by atoms with E-state index in [4.69, 9.17) is 4.74 Å². The molecular formula is C16H15FN2O4S. The number of halogens is 1. The van der Waals surface area contributed by atoms with Crippen LogP contribution in [0.2, 0.25) is 0 Å². The van der Waals surface area contributed by atoms with Gasteiger partial charge in [-0.25, -0.2) is 12.8 Å². The third-order valence-corrected chi connectivity index (χ3v) is 5.00. The zero-order valence-corrected chi connectivity index (χ0v) is 13.8. The molecule has 6 nitrogen and oxygen atoms in total. The first-order valence-electron chi connectivity index (χ1n) is 7.17. The highest BCUT2D eigenvalue weighted by Crippen LogP contribution is 2.32. The minimum Gasteiger partial charge on any atom is -0.479 e. The van der Waals surface area contributed by atoms with Gasteiger partial charge in [-0.2, -0.15) is 0 Å². The Balaban J connectivity index is 1.95. The molecule has 3 rings (SSSR count). The molecular weight excluding hydrogens is 335 g/mol. The van der Waals surface area contributed by atoms with E-state index in [1.165, 1.54) is 30.3 Å². The molecule has 0 saturated heterocycles. The van der Waals surface area contributed by atoms with E-state index in [1.807, 2.05) is 0 Å². The standard InChI is InChI=1S/C16H15FN2O4S/c1-9-3-4-11(17)7-13(9)19-24(21,22)12-5-6-15-14(8-12)18-16(20)10(2)23-15/h3-8,10,19H,1-2H3,(H,18,20). The molecule has 24 heavy (non-hydrogen) atoms. The van der Waals surface area contributed by atoms with Gasteiger partial charge in [-0.1, -0.05) is 6.07 Å². The summed E-state index contributed by atoms with van der Waals surface area (Å²) < 4.78 is 46.1. The average Bonchev–Trinajstić information content (AvgIpc) is 2.51. The smallest absolute Gasteiger partial charge is 0.265 e. The van der Waals surface area contributed by atoms with E-state index in [0.717, 1.165) is 6.07 Å². The Morgan fingerprint density at radius 3 is 2.71 bits per heavy atom. The average molecular weight is 350 g/mol. The molecule has 0 fully saturated rings. The van der Waals surface area contributed by atoms with Gasteiger partial charge in [0.2, 0.25) is 0 Å². The van der Waals surface area contributed by atoms with Crippen LogP contribution in [0.4, 0.5) is 15.8 Å². The second-order valence-electron chi connectivity index (χ2n) is 5.47. The molecule has 1 aliphatic rings. The van der Waals surface area contributed by atoms with Crippen molar-refractivity contribution in [2.75, 3.05) is 10.0 Å². The SMILES string of the molecule is Cc1ccc(F)cc1NS(=O)(=O)c1ccc2c(c1)NC(=O)C(C)O2. The van der Waals surface area contributed by atoms with Crippen LogP contribution in [0.5, 0.6) is 5.75 Å². The molecule has 1 atom stereocenters. The third kappa shape index (κ3) is 3.05. The van der Waals surface area contributed by atoms with Crippen LogP contribution in [0.25, 0.3) is 0 Å². The van der Waals surface area contributed by atoms with Crippen LogP contribution in [0, 0.1) is 12.7 Å². The molecule has 8 heteroatoms. The fourth-order valence-corrected chi connectivity index (χ4v) is 3.41. The van der Waals surface area contributed by atoms with E-state index in [-0.39, 0.29) is 22.2 Å². The summed E-state index contributed by atoms with van der Waals surface area (Å²) in [4.78, 5) is 11.6. The van der Waals surface area contributed by atoms with Crippen molar-refractivity contribution in [1.29, 1.82) is 0 Å². The van der Waals surface area contributed by atoms with Crippen LogP contribution in [0.1, 0.15) is 12.5 Å². The maximum absolute atomic E-state index is 13.3. The maximum atomic E-state index is 13.3. The molecule has 2 aromatic rings. The third-order valence-electron chi connectivity index (χ3n) is 3.64. The number of ether oxygens (including phenoxy) is 1. The monoisotopic (exact) mass is 350 g/mol. The number of hydrogen-bond acceptors (Lipinski definition) is 4. The molecule has 0 aliphatic carbocycles. The number of amides is 1. The Morgan fingerprint density at radius 2 is 1.96 bits per heavy atom. The topological polar surface area (TPSA) is 84.5 Å². The quantitative estimate of drug-likeness (QED) is 0.891. The van der Waals surface area contributed by atoms with Gasteiger partial charge in [0.05, 0.1) is 16.3 Å². The summed E-state index contributed by atoms with van der Waals surface area (Å²) in [5.74, 6) is -0.507. The van der Waals surface area contributed by atoms with Gasteiger partial charge in [0.15, 0.2) is 6.10 Å². The lowest BCUT2D eigenvalue weighted by Crippen LogP contribution is -2.34. The van der Waals surface area contributed by atoms with Gasteiger partial charge in [0, 0.05) is 0 Å². The summed E-state index contributed by atoms with van der Waals surface area (Å²) in [7, 11) is -3.94. The Bertz CT molecular complexity index is 928. The number of anilines is 2. The highest BCUT2D eigenvalue weighted by Gasteiger charge is 2.25. The number of benzene rings is 2. The van der Waals surface area contributed by atoms with Gasteiger partial charge in [-0.05, 0) is 49.7 Å². The fourth-order valence-electron chi connectivity index (χ4n) is 2.26. The molecule has 2 N–H and O–H groups in total. The molecule has 2 aromatic carbocycles. The number of rotatable bonds is 3. The molecule has 0 saturated carbocycles.